The lowest BCUT2D eigenvalue weighted by molar-refractivity contribution is -0.140. The van der Waals surface area contributed by atoms with E-state index in [0.29, 0.717) is 17.9 Å². The maximum absolute atomic E-state index is 14.1. The first-order valence-electron chi connectivity index (χ1n) is 14.2. The number of carbonyl (C=O) groups excluding carboxylic acids is 2. The summed E-state index contributed by atoms with van der Waals surface area (Å²) in [6, 6.07) is 23.4. The lowest BCUT2D eigenvalue weighted by Crippen LogP contribution is -2.54. The molecule has 0 spiro atoms. The van der Waals surface area contributed by atoms with Crippen molar-refractivity contribution >= 4 is 27.5 Å². The van der Waals surface area contributed by atoms with E-state index in [1.807, 2.05) is 37.3 Å². The van der Waals surface area contributed by atoms with Gasteiger partial charge in [-0.2, -0.15) is 0 Å². The van der Waals surface area contributed by atoms with Gasteiger partial charge in [-0.25, -0.2) is 8.42 Å². The van der Waals surface area contributed by atoms with E-state index in [4.69, 9.17) is 4.74 Å². The van der Waals surface area contributed by atoms with E-state index in [0.717, 1.165) is 35.6 Å². The largest absolute Gasteiger partial charge is 0.497 e. The Bertz CT molecular complexity index is 1380. The highest BCUT2D eigenvalue weighted by molar-refractivity contribution is 7.92. The molecule has 218 valence electrons. The van der Waals surface area contributed by atoms with Crippen LogP contribution in [0.1, 0.15) is 51.0 Å². The number of methoxy groups -OCH3 is 1. The Balaban J connectivity index is 1.68. The molecule has 0 aromatic heterocycles. The topological polar surface area (TPSA) is 96.0 Å². The molecule has 1 atom stereocenters. The molecule has 1 saturated carbocycles. The molecular weight excluding hydrogens is 538 g/mol. The zero-order valence-corrected chi connectivity index (χ0v) is 24.6. The first-order chi connectivity index (χ1) is 19.8. The first kappa shape index (κ1) is 30.1. The quantitative estimate of drug-likeness (QED) is 0.321. The molecule has 0 unspecified atom stereocenters. The van der Waals surface area contributed by atoms with Gasteiger partial charge in [0, 0.05) is 12.6 Å². The molecule has 1 aliphatic carbocycles. The Morgan fingerprint density at radius 2 is 1.51 bits per heavy atom. The Morgan fingerprint density at radius 3 is 2.10 bits per heavy atom. The Kier molecular flexibility index (Phi) is 10.4. The molecule has 0 heterocycles. The third kappa shape index (κ3) is 7.67. The third-order valence-electron chi connectivity index (χ3n) is 7.50. The highest BCUT2D eigenvalue weighted by Crippen LogP contribution is 2.27. The highest BCUT2D eigenvalue weighted by atomic mass is 32.2. The zero-order valence-electron chi connectivity index (χ0n) is 23.7. The fourth-order valence-electron chi connectivity index (χ4n) is 5.24. The molecule has 0 radical (unpaired) electrons. The Labute approximate surface area is 243 Å². The number of nitrogens with zero attached hydrogens (tertiary/aromatic N) is 2. The Hall–Kier alpha value is -3.85. The molecule has 1 N–H and O–H groups in total. The van der Waals surface area contributed by atoms with Crippen molar-refractivity contribution in [3.63, 3.8) is 0 Å². The van der Waals surface area contributed by atoms with Gasteiger partial charge in [-0.3, -0.25) is 13.9 Å². The molecule has 9 heteroatoms. The summed E-state index contributed by atoms with van der Waals surface area (Å²) in [5, 5.41) is 3.17. The summed E-state index contributed by atoms with van der Waals surface area (Å²) in [6.07, 6.45) is 5.56. The van der Waals surface area contributed by atoms with Crippen LogP contribution < -0.4 is 14.4 Å². The van der Waals surface area contributed by atoms with Gasteiger partial charge in [-0.15, -0.1) is 0 Å². The van der Waals surface area contributed by atoms with Gasteiger partial charge in [-0.05, 0) is 61.2 Å². The SMILES string of the molecule is CC[C@H](C(=O)NC1CCCCC1)N(Cc1ccccc1)C(=O)CN(c1ccc(OC)cc1)S(=O)(=O)c1ccccc1. The van der Waals surface area contributed by atoms with Crippen LogP contribution in [0.25, 0.3) is 0 Å². The van der Waals surface area contributed by atoms with Crippen molar-refractivity contribution in [3.8, 4) is 5.75 Å². The van der Waals surface area contributed by atoms with Crippen LogP contribution >= 0.6 is 0 Å². The summed E-state index contributed by atoms with van der Waals surface area (Å²) in [5.41, 5.74) is 1.18. The number of ether oxygens (including phenoxy) is 1. The van der Waals surface area contributed by atoms with E-state index in [-0.39, 0.29) is 23.4 Å². The van der Waals surface area contributed by atoms with Crippen molar-refractivity contribution in [3.05, 3.63) is 90.5 Å². The highest BCUT2D eigenvalue weighted by Gasteiger charge is 2.34. The van der Waals surface area contributed by atoms with Crippen LogP contribution in [0.3, 0.4) is 0 Å². The van der Waals surface area contributed by atoms with Gasteiger partial charge in [0.2, 0.25) is 11.8 Å². The number of hydrogen-bond acceptors (Lipinski definition) is 5. The number of benzene rings is 3. The number of sulfonamides is 1. The number of anilines is 1. The van der Waals surface area contributed by atoms with Crippen molar-refractivity contribution in [2.75, 3.05) is 18.0 Å². The zero-order chi connectivity index (χ0) is 29.2. The van der Waals surface area contributed by atoms with Gasteiger partial charge in [0.15, 0.2) is 0 Å². The van der Waals surface area contributed by atoms with E-state index in [9.17, 15) is 18.0 Å². The lowest BCUT2D eigenvalue weighted by Gasteiger charge is -2.34. The molecule has 8 nitrogen and oxygen atoms in total. The lowest BCUT2D eigenvalue weighted by atomic mass is 9.95. The minimum absolute atomic E-state index is 0.0697. The third-order valence-corrected chi connectivity index (χ3v) is 9.29. The minimum atomic E-state index is -4.11. The maximum Gasteiger partial charge on any atom is 0.264 e. The smallest absolute Gasteiger partial charge is 0.264 e. The fraction of sp³-hybridized carbons (Fsp3) is 0.375. The van der Waals surface area contributed by atoms with Gasteiger partial charge in [-0.1, -0.05) is 74.7 Å². The molecule has 0 saturated heterocycles. The molecule has 41 heavy (non-hydrogen) atoms. The normalized spacial score (nSPS) is 14.6. The summed E-state index contributed by atoms with van der Waals surface area (Å²) in [7, 11) is -2.58. The molecule has 1 fully saturated rings. The minimum Gasteiger partial charge on any atom is -0.497 e. The second-order valence-electron chi connectivity index (χ2n) is 10.3. The summed E-state index contributed by atoms with van der Waals surface area (Å²) in [4.78, 5) is 29.3. The molecule has 0 bridgehead atoms. The van der Waals surface area contributed by atoms with Crippen LogP contribution in [0.4, 0.5) is 5.69 Å². The van der Waals surface area contributed by atoms with Crippen molar-refractivity contribution < 1.29 is 22.7 Å². The van der Waals surface area contributed by atoms with Crippen molar-refractivity contribution in [2.45, 2.75) is 69.0 Å². The average Bonchev–Trinajstić information content (AvgIpc) is 3.01. The van der Waals surface area contributed by atoms with Crippen LogP contribution in [0.2, 0.25) is 0 Å². The van der Waals surface area contributed by atoms with Gasteiger partial charge < -0.3 is 15.0 Å². The summed E-state index contributed by atoms with van der Waals surface area (Å²) in [5.74, 6) is -0.103. The summed E-state index contributed by atoms with van der Waals surface area (Å²) >= 11 is 0. The van der Waals surface area contributed by atoms with Gasteiger partial charge in [0.25, 0.3) is 10.0 Å². The predicted octanol–water partition coefficient (Wildman–Crippen LogP) is 5.15. The van der Waals surface area contributed by atoms with E-state index < -0.39 is 28.5 Å². The maximum atomic E-state index is 14.1. The molecular formula is C32H39N3O5S. The number of hydrogen-bond donors (Lipinski definition) is 1. The second kappa shape index (κ2) is 14.2. The molecule has 4 rings (SSSR count). The van der Waals surface area contributed by atoms with Crippen LogP contribution in [0.5, 0.6) is 5.75 Å². The summed E-state index contributed by atoms with van der Waals surface area (Å²) in [6.45, 7) is 1.58. The van der Waals surface area contributed by atoms with E-state index in [2.05, 4.69) is 5.32 Å². The van der Waals surface area contributed by atoms with Crippen molar-refractivity contribution in [1.82, 2.24) is 10.2 Å². The second-order valence-corrected chi connectivity index (χ2v) is 12.2. The van der Waals surface area contributed by atoms with Crippen molar-refractivity contribution in [1.29, 1.82) is 0 Å². The Morgan fingerprint density at radius 1 is 0.902 bits per heavy atom. The van der Waals surface area contributed by atoms with Gasteiger partial charge >= 0.3 is 0 Å². The van der Waals surface area contributed by atoms with Crippen molar-refractivity contribution in [2.24, 2.45) is 0 Å². The van der Waals surface area contributed by atoms with Crippen LogP contribution in [0, 0.1) is 0 Å². The van der Waals surface area contributed by atoms with Crippen LogP contribution in [-0.2, 0) is 26.2 Å². The fourth-order valence-corrected chi connectivity index (χ4v) is 6.68. The predicted molar refractivity (Wildman–Crippen MR) is 160 cm³/mol. The number of amides is 2. The van der Waals surface area contributed by atoms with Crippen LogP contribution in [0.15, 0.2) is 89.8 Å². The molecule has 1 aliphatic rings. The number of nitrogens with one attached hydrogen (secondary N) is 1. The molecule has 2 amide bonds. The van der Waals surface area contributed by atoms with Gasteiger partial charge in [0.1, 0.15) is 18.3 Å². The number of rotatable bonds is 12. The average molecular weight is 578 g/mol. The summed E-state index contributed by atoms with van der Waals surface area (Å²) < 4.78 is 34.1. The van der Waals surface area contributed by atoms with E-state index >= 15 is 0 Å². The monoisotopic (exact) mass is 577 g/mol. The van der Waals surface area contributed by atoms with E-state index in [1.54, 1.807) is 42.5 Å². The molecule has 3 aromatic rings. The first-order valence-corrected chi connectivity index (χ1v) is 15.6. The van der Waals surface area contributed by atoms with E-state index in [1.165, 1.54) is 30.6 Å². The molecule has 3 aromatic carbocycles. The number of carbonyl (C=O) groups is 2. The molecule has 0 aliphatic heterocycles. The van der Waals surface area contributed by atoms with Crippen LogP contribution in [-0.4, -0.2) is 50.9 Å². The van der Waals surface area contributed by atoms with Gasteiger partial charge in [0.05, 0.1) is 17.7 Å². The standard InChI is InChI=1S/C32H39N3O5S/c1-3-30(32(37)33-26-15-9-5-10-16-26)34(23-25-13-7-4-8-14-25)31(36)24-35(27-19-21-28(40-2)22-20-27)41(38,39)29-17-11-6-12-18-29/h4,6-8,11-14,17-22,26,30H,3,5,9-10,15-16,23-24H2,1-2H3,(H,33,37)/t30-/m1/s1.